The van der Waals surface area contributed by atoms with Crippen molar-refractivity contribution in [3.63, 3.8) is 0 Å². The van der Waals surface area contributed by atoms with Gasteiger partial charge >= 0.3 is 0 Å². The van der Waals surface area contributed by atoms with Crippen LogP contribution in [0.4, 0.5) is 34.1 Å². The second-order valence-electron chi connectivity index (χ2n) is 37.9. The lowest BCUT2D eigenvalue weighted by molar-refractivity contribution is 0.444. The van der Waals surface area contributed by atoms with E-state index in [2.05, 4.69) is 303 Å². The number of hydrogen-bond donors (Lipinski definition) is 0. The highest BCUT2D eigenvalue weighted by molar-refractivity contribution is 7.00. The third-order valence-electron chi connectivity index (χ3n) is 22.0. The summed E-state index contributed by atoms with van der Waals surface area (Å²) in [4.78, 5) is 17.4. The molecule has 95 heavy (non-hydrogen) atoms. The summed E-state index contributed by atoms with van der Waals surface area (Å²) in [6, 6.07) is 52.6. The molecule has 0 spiro atoms. The van der Waals surface area contributed by atoms with Gasteiger partial charge in [0.1, 0.15) is 0 Å². The molecule has 4 nitrogen and oxygen atoms in total. The number of nitrogens with zero attached hydrogens (tertiary/aromatic N) is 4. The van der Waals surface area contributed by atoms with Gasteiger partial charge in [-0.25, -0.2) is 9.97 Å². The topological polar surface area (TPSA) is 32.3 Å². The molecule has 5 heteroatoms. The van der Waals surface area contributed by atoms with E-state index < -0.39 is 0 Å². The van der Waals surface area contributed by atoms with Gasteiger partial charge in [-0.2, -0.15) is 0 Å². The number of hydrogen-bond acceptors (Lipinski definition) is 4. The first-order chi connectivity index (χ1) is 44.1. The van der Waals surface area contributed by atoms with E-state index in [9.17, 15) is 0 Å². The molecule has 2 fully saturated rings. The Morgan fingerprint density at radius 3 is 0.863 bits per heavy atom. The molecule has 2 saturated carbocycles. The summed E-state index contributed by atoms with van der Waals surface area (Å²) in [7, 11) is 0. The van der Waals surface area contributed by atoms with Crippen LogP contribution in [-0.2, 0) is 43.3 Å². The molecule has 0 unspecified atom stereocenters. The van der Waals surface area contributed by atoms with E-state index >= 15 is 0 Å². The Labute approximate surface area is 576 Å². The lowest BCUT2D eigenvalue weighted by Crippen LogP contribution is -2.61. The Kier molecular flexibility index (Phi) is 17.3. The smallest absolute Gasteiger partial charge is 0.252 e. The summed E-state index contributed by atoms with van der Waals surface area (Å²) >= 11 is 0. The number of fused-ring (bicyclic) bond motifs is 4. The van der Waals surface area contributed by atoms with Gasteiger partial charge in [-0.3, -0.25) is 0 Å². The molecule has 0 saturated heterocycles. The van der Waals surface area contributed by atoms with Crippen molar-refractivity contribution >= 4 is 57.2 Å². The highest BCUT2D eigenvalue weighted by Crippen LogP contribution is 2.51. The van der Waals surface area contributed by atoms with Crippen LogP contribution in [-0.4, -0.2) is 16.7 Å². The highest BCUT2D eigenvalue weighted by atomic mass is 15.2. The SMILES string of the molecule is CC(C)(C)c1cc(-c2cc(-c3cc(C(C)(C)C)cc(C(C)(C)C)c3)nc(-c3cc4c5c(c3)N(c3cc(C(C)(C)C)cc(C(C)(C)C)c3)c3ccc(C6CCCCC6)cc3B5c3cc(C5CCCCC5)ccc3N4c3cc(C(C)(C)C)cc(C(C)(C)C)c3)n2)cc(C(C)(C)C)c1. The van der Waals surface area contributed by atoms with Gasteiger partial charge in [0.05, 0.1) is 11.4 Å². The lowest BCUT2D eigenvalue weighted by Gasteiger charge is -2.45. The molecule has 498 valence electrons. The molecular weight excluding hydrogens is 1150 g/mol. The number of rotatable bonds is 7. The van der Waals surface area contributed by atoms with Crippen LogP contribution in [0.2, 0.25) is 0 Å². The molecule has 1 aromatic heterocycles. The molecule has 8 aromatic rings. The van der Waals surface area contributed by atoms with Gasteiger partial charge in [0.2, 0.25) is 0 Å². The van der Waals surface area contributed by atoms with Crippen molar-refractivity contribution in [3.8, 4) is 33.9 Å². The van der Waals surface area contributed by atoms with E-state index in [0.29, 0.717) is 11.8 Å². The first-order valence-corrected chi connectivity index (χ1v) is 36.7. The summed E-state index contributed by atoms with van der Waals surface area (Å²) in [5.41, 5.74) is 29.3. The minimum Gasteiger partial charge on any atom is -0.311 e. The fraction of sp³-hybridized carbons (Fsp3) is 0.489. The van der Waals surface area contributed by atoms with Crippen molar-refractivity contribution < 1.29 is 0 Å². The van der Waals surface area contributed by atoms with Gasteiger partial charge in [0.25, 0.3) is 6.71 Å². The lowest BCUT2D eigenvalue weighted by atomic mass is 9.33. The Hall–Kier alpha value is -6.72. The molecule has 4 aliphatic rings. The van der Waals surface area contributed by atoms with Crippen LogP contribution in [0.3, 0.4) is 0 Å². The van der Waals surface area contributed by atoms with Crippen LogP contribution < -0.4 is 26.2 Å². The summed E-state index contributed by atoms with van der Waals surface area (Å²) < 4.78 is 0. The van der Waals surface area contributed by atoms with Crippen molar-refractivity contribution in [2.24, 2.45) is 0 Å². The van der Waals surface area contributed by atoms with E-state index in [4.69, 9.17) is 9.97 Å². The molecule has 0 atom stereocenters. The second-order valence-corrected chi connectivity index (χ2v) is 37.9. The van der Waals surface area contributed by atoms with Crippen LogP contribution in [0, 0.1) is 0 Å². The van der Waals surface area contributed by atoms with Crippen molar-refractivity contribution in [2.75, 3.05) is 9.80 Å². The highest BCUT2D eigenvalue weighted by Gasteiger charge is 2.46. The largest absolute Gasteiger partial charge is 0.311 e. The van der Waals surface area contributed by atoms with Crippen LogP contribution in [0.1, 0.15) is 298 Å². The number of anilines is 6. The molecule has 0 amide bonds. The van der Waals surface area contributed by atoms with Crippen molar-refractivity contribution in [2.45, 2.75) is 286 Å². The number of aromatic nitrogens is 2. The van der Waals surface area contributed by atoms with E-state index in [0.717, 1.165) is 33.9 Å². The predicted octanol–water partition coefficient (Wildman–Crippen LogP) is 24.0. The van der Waals surface area contributed by atoms with Gasteiger partial charge in [-0.05, 0) is 232 Å². The standard InChI is InChI=1S/C90H115BN4/c1-83(2,3)63-39-60(40-64(47-63)84(4,5)6)75-55-76(61-41-65(85(7,8)9)48-66(42-61)86(10,11)12)93-82(92-75)62-45-79-81-80(46-62)95(72-53-69(89(19,20)21)50-70(54-72)90(22,23)24)78-38-36-59(57-33-29-26-30-34-57)44-74(78)91(81)73-43-58(56-31-27-25-28-32-56)35-37-77(73)94(79)71-51-67(87(13,14)15)49-68(52-71)88(16,17)18/h35-57H,25-34H2,1-24H3. The Bertz CT molecular complexity index is 3840. The van der Waals surface area contributed by atoms with Crippen LogP contribution in [0.15, 0.2) is 127 Å². The van der Waals surface area contributed by atoms with E-state index in [1.165, 1.54) is 170 Å². The maximum Gasteiger partial charge on any atom is 0.252 e. The minimum absolute atomic E-state index is 0.0471. The van der Waals surface area contributed by atoms with Gasteiger partial charge in [0.15, 0.2) is 5.82 Å². The molecule has 7 aromatic carbocycles. The van der Waals surface area contributed by atoms with Gasteiger partial charge < -0.3 is 9.80 Å². The summed E-state index contributed by atoms with van der Waals surface area (Å²) in [6.07, 6.45) is 12.8. The molecule has 0 bridgehead atoms. The predicted molar refractivity (Wildman–Crippen MR) is 414 cm³/mol. The third-order valence-corrected chi connectivity index (χ3v) is 22.0. The average molecular weight is 1260 g/mol. The van der Waals surface area contributed by atoms with Gasteiger partial charge in [0, 0.05) is 50.8 Å². The molecular formula is C90H115BN4. The molecule has 3 heterocycles. The first-order valence-electron chi connectivity index (χ1n) is 36.7. The summed E-state index contributed by atoms with van der Waals surface area (Å²) in [5, 5.41) is 0. The second kappa shape index (κ2) is 24.1. The third kappa shape index (κ3) is 13.7. The van der Waals surface area contributed by atoms with E-state index in [-0.39, 0.29) is 50.0 Å². The fourth-order valence-electron chi connectivity index (χ4n) is 15.5. The van der Waals surface area contributed by atoms with Crippen molar-refractivity contribution in [1.29, 1.82) is 0 Å². The molecule has 2 aliphatic heterocycles. The summed E-state index contributed by atoms with van der Waals surface area (Å²) in [6.45, 7) is 56.8. The zero-order valence-electron chi connectivity index (χ0n) is 63.2. The van der Waals surface area contributed by atoms with Crippen molar-refractivity contribution in [1.82, 2.24) is 9.97 Å². The first kappa shape index (κ1) is 68.2. The molecule has 12 rings (SSSR count). The Balaban J connectivity index is 1.27. The zero-order chi connectivity index (χ0) is 68.7. The van der Waals surface area contributed by atoms with Gasteiger partial charge in [-0.1, -0.05) is 253 Å². The fourth-order valence-corrected chi connectivity index (χ4v) is 15.5. The zero-order valence-corrected chi connectivity index (χ0v) is 63.2. The Morgan fingerprint density at radius 1 is 0.295 bits per heavy atom. The number of benzene rings is 7. The summed E-state index contributed by atoms with van der Waals surface area (Å²) in [5.74, 6) is 1.80. The molecule has 2 aliphatic carbocycles. The molecule has 0 radical (unpaired) electrons. The van der Waals surface area contributed by atoms with E-state index in [1.54, 1.807) is 0 Å². The normalized spacial score (nSPS) is 16.3. The maximum absolute atomic E-state index is 6.00. The minimum atomic E-state index is -0.115. The quantitative estimate of drug-likeness (QED) is 0.149. The van der Waals surface area contributed by atoms with Gasteiger partial charge in [-0.15, -0.1) is 0 Å². The maximum atomic E-state index is 6.00. The molecule has 0 N–H and O–H groups in total. The van der Waals surface area contributed by atoms with E-state index in [1.807, 2.05) is 0 Å². The van der Waals surface area contributed by atoms with Crippen LogP contribution in [0.25, 0.3) is 33.9 Å². The monoisotopic (exact) mass is 1260 g/mol. The van der Waals surface area contributed by atoms with Crippen LogP contribution >= 0.6 is 0 Å². The Morgan fingerprint density at radius 2 is 0.579 bits per heavy atom. The average Bonchev–Trinajstić information content (AvgIpc) is 0.693. The van der Waals surface area contributed by atoms with Crippen molar-refractivity contribution in [3.05, 3.63) is 183 Å². The van der Waals surface area contributed by atoms with Crippen LogP contribution in [0.5, 0.6) is 0 Å².